The zero-order valence-electron chi connectivity index (χ0n) is 16.4. The number of amides is 1. The van der Waals surface area contributed by atoms with E-state index in [-0.39, 0.29) is 30.2 Å². The molecule has 10 heteroatoms. The average Bonchev–Trinajstić information content (AvgIpc) is 3.18. The van der Waals surface area contributed by atoms with Crippen LogP contribution >= 0.6 is 0 Å². The molecule has 0 radical (unpaired) electrons. The van der Waals surface area contributed by atoms with Gasteiger partial charge in [-0.25, -0.2) is 4.68 Å². The first-order valence-electron chi connectivity index (χ1n) is 9.13. The molecule has 162 valence electrons. The average molecular weight is 432 g/mol. The van der Waals surface area contributed by atoms with Crippen LogP contribution in [-0.4, -0.2) is 33.1 Å². The van der Waals surface area contributed by atoms with Crippen LogP contribution in [0.1, 0.15) is 22.4 Å². The predicted molar refractivity (Wildman–Crippen MR) is 106 cm³/mol. The number of methoxy groups -OCH3 is 1. The fourth-order valence-corrected chi connectivity index (χ4v) is 2.81. The van der Waals surface area contributed by atoms with Gasteiger partial charge in [-0.05, 0) is 35.4 Å². The molecule has 0 bridgehead atoms. The number of phenolic OH excluding ortho intramolecular Hbond substituents is 1. The van der Waals surface area contributed by atoms with Crippen molar-refractivity contribution in [2.24, 2.45) is 0 Å². The normalized spacial score (nSPS) is 11.6. The summed E-state index contributed by atoms with van der Waals surface area (Å²) < 4.78 is 45.6. The Morgan fingerprint density at radius 2 is 2.03 bits per heavy atom. The fraction of sp³-hybridized carbons (Fsp3) is 0.190. The number of aromatic nitrogens is 3. The van der Waals surface area contributed by atoms with Crippen LogP contribution in [0.5, 0.6) is 11.5 Å². The van der Waals surface area contributed by atoms with Crippen molar-refractivity contribution in [3.05, 3.63) is 77.1 Å². The van der Waals surface area contributed by atoms with Crippen molar-refractivity contribution >= 4 is 12.0 Å². The van der Waals surface area contributed by atoms with Crippen LogP contribution < -0.4 is 10.1 Å². The van der Waals surface area contributed by atoms with E-state index in [1.54, 1.807) is 18.2 Å². The molecule has 3 rings (SSSR count). The highest BCUT2D eigenvalue weighted by atomic mass is 19.4. The van der Waals surface area contributed by atoms with Crippen molar-refractivity contribution in [1.82, 2.24) is 20.3 Å². The van der Waals surface area contributed by atoms with Gasteiger partial charge in [0, 0.05) is 6.08 Å². The van der Waals surface area contributed by atoms with Crippen molar-refractivity contribution in [3.8, 4) is 11.5 Å². The molecule has 31 heavy (non-hydrogen) atoms. The molecule has 1 heterocycles. The highest BCUT2D eigenvalue weighted by Gasteiger charge is 2.32. The molecule has 0 atom stereocenters. The maximum Gasteiger partial charge on any atom is 0.416 e. The van der Waals surface area contributed by atoms with Gasteiger partial charge >= 0.3 is 6.18 Å². The molecule has 0 fully saturated rings. The Morgan fingerprint density at radius 3 is 2.77 bits per heavy atom. The van der Waals surface area contributed by atoms with Crippen molar-refractivity contribution in [1.29, 1.82) is 0 Å². The summed E-state index contributed by atoms with van der Waals surface area (Å²) in [6, 6.07) is 9.90. The lowest BCUT2D eigenvalue weighted by Crippen LogP contribution is -2.20. The van der Waals surface area contributed by atoms with E-state index in [2.05, 4.69) is 15.6 Å². The maximum absolute atomic E-state index is 13.1. The van der Waals surface area contributed by atoms with Gasteiger partial charge in [0.1, 0.15) is 5.69 Å². The lowest BCUT2D eigenvalue weighted by Gasteiger charge is -2.12. The number of ether oxygens (including phenoxy) is 1. The number of alkyl halides is 3. The van der Waals surface area contributed by atoms with E-state index >= 15 is 0 Å². The van der Waals surface area contributed by atoms with Crippen molar-refractivity contribution in [3.63, 3.8) is 0 Å². The Balaban J connectivity index is 1.58. The van der Waals surface area contributed by atoms with E-state index in [0.717, 1.165) is 6.07 Å². The highest BCUT2D eigenvalue weighted by Crippen LogP contribution is 2.32. The number of benzene rings is 2. The van der Waals surface area contributed by atoms with Crippen molar-refractivity contribution < 1.29 is 27.8 Å². The number of carbonyl (C=O) groups is 1. The zero-order chi connectivity index (χ0) is 22.4. The molecule has 0 saturated heterocycles. The number of nitrogens with zero attached hydrogens (tertiary/aromatic N) is 3. The van der Waals surface area contributed by atoms with Crippen LogP contribution in [0.15, 0.2) is 54.7 Å². The largest absolute Gasteiger partial charge is 0.504 e. The Kier molecular flexibility index (Phi) is 6.58. The van der Waals surface area contributed by atoms with E-state index in [0.29, 0.717) is 11.3 Å². The number of nitrogens with one attached hydrogen (secondary N) is 1. The third-order valence-electron chi connectivity index (χ3n) is 4.32. The second-order valence-electron chi connectivity index (χ2n) is 6.54. The minimum atomic E-state index is -4.46. The summed E-state index contributed by atoms with van der Waals surface area (Å²) in [5, 5.41) is 19.9. The van der Waals surface area contributed by atoms with Crippen LogP contribution in [0.2, 0.25) is 0 Å². The molecule has 3 aromatic rings. The summed E-state index contributed by atoms with van der Waals surface area (Å²) in [5.41, 5.74) is 0.399. The van der Waals surface area contributed by atoms with Crippen LogP contribution in [0.3, 0.4) is 0 Å². The molecule has 0 aliphatic carbocycles. The summed E-state index contributed by atoms with van der Waals surface area (Å²) in [4.78, 5) is 12.0. The van der Waals surface area contributed by atoms with Gasteiger partial charge in [0.2, 0.25) is 5.91 Å². The second kappa shape index (κ2) is 9.33. The second-order valence-corrected chi connectivity index (χ2v) is 6.54. The molecule has 0 aliphatic heterocycles. The summed E-state index contributed by atoms with van der Waals surface area (Å²) in [7, 11) is 1.42. The standard InChI is InChI=1S/C21H19F3N4O3/c1-31-19-10-14(6-8-18(19)29)7-9-20(30)25-11-16-13-28(27-26-16)12-15-4-2-3-5-17(15)21(22,23)24/h2-10,13,29H,11-12H2,1H3,(H,25,30)/b9-7+. The van der Waals surface area contributed by atoms with Crippen LogP contribution in [-0.2, 0) is 24.1 Å². The minimum Gasteiger partial charge on any atom is -0.504 e. The Morgan fingerprint density at radius 1 is 1.26 bits per heavy atom. The highest BCUT2D eigenvalue weighted by molar-refractivity contribution is 5.91. The molecule has 0 saturated carbocycles. The third-order valence-corrected chi connectivity index (χ3v) is 4.32. The topological polar surface area (TPSA) is 89.3 Å². The van der Waals surface area contributed by atoms with Gasteiger partial charge in [-0.2, -0.15) is 13.2 Å². The first-order chi connectivity index (χ1) is 14.8. The van der Waals surface area contributed by atoms with Gasteiger partial charge < -0.3 is 15.2 Å². The maximum atomic E-state index is 13.1. The third kappa shape index (κ3) is 5.84. The number of aromatic hydroxyl groups is 1. The molecule has 7 nitrogen and oxygen atoms in total. The van der Waals surface area contributed by atoms with Gasteiger partial charge in [0.05, 0.1) is 32.0 Å². The summed E-state index contributed by atoms with van der Waals surface area (Å²) in [5.74, 6) is -0.125. The van der Waals surface area contributed by atoms with Gasteiger partial charge in [-0.15, -0.1) is 5.10 Å². The van der Waals surface area contributed by atoms with Gasteiger partial charge in [0.15, 0.2) is 11.5 Å². The van der Waals surface area contributed by atoms with Crippen LogP contribution in [0, 0.1) is 0 Å². The molecule has 2 aromatic carbocycles. The molecule has 0 aliphatic rings. The molecule has 0 spiro atoms. The number of halogens is 3. The molecule has 0 unspecified atom stereocenters. The molecule has 2 N–H and O–H groups in total. The summed E-state index contributed by atoms with van der Waals surface area (Å²) >= 11 is 0. The van der Waals surface area contributed by atoms with Crippen molar-refractivity contribution in [2.45, 2.75) is 19.3 Å². The zero-order valence-corrected chi connectivity index (χ0v) is 16.4. The molecular weight excluding hydrogens is 413 g/mol. The lowest BCUT2D eigenvalue weighted by molar-refractivity contribution is -0.138. The van der Waals surface area contributed by atoms with Gasteiger partial charge in [-0.3, -0.25) is 4.79 Å². The SMILES string of the molecule is COc1cc(/C=C/C(=O)NCc2cn(Cc3ccccc3C(F)(F)F)nn2)ccc1O. The first kappa shape index (κ1) is 21.9. The number of hydrogen-bond donors (Lipinski definition) is 2. The van der Waals surface area contributed by atoms with Crippen LogP contribution in [0.25, 0.3) is 6.08 Å². The van der Waals surface area contributed by atoms with Crippen molar-refractivity contribution in [2.75, 3.05) is 7.11 Å². The Bertz CT molecular complexity index is 1090. The van der Waals surface area contributed by atoms with E-state index < -0.39 is 17.6 Å². The number of phenols is 1. The fourth-order valence-electron chi connectivity index (χ4n) is 2.81. The molecule has 1 aromatic heterocycles. The number of carbonyl (C=O) groups excluding carboxylic acids is 1. The predicted octanol–water partition coefficient (Wildman–Crippen LogP) is 3.39. The lowest BCUT2D eigenvalue weighted by atomic mass is 10.1. The van der Waals surface area contributed by atoms with E-state index in [9.17, 15) is 23.1 Å². The van der Waals surface area contributed by atoms with E-state index in [1.165, 1.54) is 48.3 Å². The minimum absolute atomic E-state index is 0.00922. The van der Waals surface area contributed by atoms with E-state index in [4.69, 9.17) is 4.74 Å². The van der Waals surface area contributed by atoms with Gasteiger partial charge in [-0.1, -0.05) is 29.5 Å². The van der Waals surface area contributed by atoms with Gasteiger partial charge in [0.25, 0.3) is 0 Å². The number of rotatable bonds is 7. The Labute approximate surface area is 175 Å². The first-order valence-corrected chi connectivity index (χ1v) is 9.13. The molecule has 1 amide bonds. The quantitative estimate of drug-likeness (QED) is 0.559. The summed E-state index contributed by atoms with van der Waals surface area (Å²) in [6.45, 7) is -0.0395. The Hall–Kier alpha value is -3.82. The van der Waals surface area contributed by atoms with E-state index in [1.807, 2.05) is 0 Å². The molecular formula is C21H19F3N4O3. The van der Waals surface area contributed by atoms with Crippen LogP contribution in [0.4, 0.5) is 13.2 Å². The monoisotopic (exact) mass is 432 g/mol. The smallest absolute Gasteiger partial charge is 0.416 e. The number of hydrogen-bond acceptors (Lipinski definition) is 5. The summed E-state index contributed by atoms with van der Waals surface area (Å²) in [6.07, 6.45) is -0.137.